The molecule has 11 rings (SSSR count). The predicted molar refractivity (Wildman–Crippen MR) is 274 cm³/mol. The molecule has 2 aromatic carbocycles. The standard InChI is InChI=1S/C60H72N2O13/c1-3-8-39-16-18-46(27-42(39)26-43(34-71-2)48(33-64)62-22-19-38(31-61)32-62)74-56-60-30-47(49(65)9-7-24-72-50(10-6-23-63)52(75-56)51(66)54(60)67)58-28-41(15-17-44(58)35-73-60)53-57(20-4-5-21-57)45(29-59(53,70)36-58)25-37-11-13-40(14-12-37)55(68)69/h3,11-19,22,27,32,35,41,43,45,47-54,56,63-67,70H,1,4-6,8-10,20-21,23,25-26,28-30,33-34,36H2,2H3,(H,68,69). The maximum absolute atomic E-state index is 13.6. The van der Waals surface area contributed by atoms with Crippen LogP contribution >= 0.6 is 0 Å². The third-order valence-corrected chi connectivity index (χ3v) is 18.7. The maximum atomic E-state index is 13.6. The Labute approximate surface area is 439 Å². The molecule has 7 N–H and O–H groups in total. The smallest absolute Gasteiger partial charge is 0.335 e. The maximum Gasteiger partial charge on any atom is 0.335 e. The lowest BCUT2D eigenvalue weighted by Crippen LogP contribution is -2.71. The number of hydrogen-bond acceptors (Lipinski definition) is 13. The summed E-state index contributed by atoms with van der Waals surface area (Å²) in [5.41, 5.74) is 0.241. The summed E-state index contributed by atoms with van der Waals surface area (Å²) >= 11 is 0. The van der Waals surface area contributed by atoms with Gasteiger partial charge in [-0.1, -0.05) is 55.2 Å². The van der Waals surface area contributed by atoms with Gasteiger partial charge in [0.25, 0.3) is 0 Å². The van der Waals surface area contributed by atoms with Gasteiger partial charge in [-0.25, -0.2) is 4.79 Å². The molecular weight excluding hydrogens is 957 g/mol. The zero-order valence-corrected chi connectivity index (χ0v) is 42.7. The van der Waals surface area contributed by atoms with E-state index in [0.717, 1.165) is 47.9 Å². The first-order valence-electron chi connectivity index (χ1n) is 26.9. The van der Waals surface area contributed by atoms with E-state index in [0.29, 0.717) is 49.8 Å². The highest BCUT2D eigenvalue weighted by Crippen LogP contribution is 2.73. The molecule has 3 saturated carbocycles. The number of carboxylic acids is 1. The van der Waals surface area contributed by atoms with Crippen LogP contribution in [0, 0.1) is 63.8 Å². The van der Waals surface area contributed by atoms with Crippen molar-refractivity contribution in [2.24, 2.45) is 40.4 Å². The van der Waals surface area contributed by atoms with Gasteiger partial charge in [-0.3, -0.25) is 0 Å². The monoisotopic (exact) mass is 1030 g/mol. The van der Waals surface area contributed by atoms with Crippen molar-refractivity contribution in [3.63, 3.8) is 0 Å². The van der Waals surface area contributed by atoms with Gasteiger partial charge >= 0.3 is 5.97 Å². The van der Waals surface area contributed by atoms with Gasteiger partial charge in [0.1, 0.15) is 42.3 Å². The molecule has 15 nitrogen and oxygen atoms in total. The molecule has 75 heavy (non-hydrogen) atoms. The van der Waals surface area contributed by atoms with Gasteiger partial charge in [-0.2, -0.15) is 5.26 Å². The Hall–Kier alpha value is -5.46. The number of aliphatic hydroxyl groups is 6. The van der Waals surface area contributed by atoms with Crippen molar-refractivity contribution < 1.29 is 64.2 Å². The second kappa shape index (κ2) is 21.5. The summed E-state index contributed by atoms with van der Waals surface area (Å²) in [6, 6.07) is 16.2. The number of rotatable bonds is 17. The minimum absolute atomic E-state index is 0.000230. The number of benzene rings is 2. The molecule has 5 heterocycles. The number of aliphatic hydroxyl groups excluding tert-OH is 5. The second-order valence-electron chi connectivity index (χ2n) is 22.8. The first-order chi connectivity index (χ1) is 36.2. The van der Waals surface area contributed by atoms with Crippen molar-refractivity contribution in [1.82, 2.24) is 4.57 Å². The van der Waals surface area contributed by atoms with E-state index >= 15 is 0 Å². The van der Waals surface area contributed by atoms with Crippen molar-refractivity contribution >= 4 is 5.97 Å². The molecule has 0 amide bonds. The molecule has 15 heteroatoms. The van der Waals surface area contributed by atoms with Crippen LogP contribution in [0.25, 0.3) is 0 Å². The van der Waals surface area contributed by atoms with E-state index in [1.165, 1.54) is 0 Å². The van der Waals surface area contributed by atoms with Crippen LogP contribution in [-0.2, 0) is 38.2 Å². The van der Waals surface area contributed by atoms with Crippen LogP contribution in [0.15, 0.2) is 97.6 Å². The molecule has 1 aromatic heterocycles. The van der Waals surface area contributed by atoms with Crippen LogP contribution in [0.5, 0.6) is 5.75 Å². The number of fused-ring (bicyclic) bond motifs is 10. The molecule has 4 aliphatic carbocycles. The Bertz CT molecular complexity index is 2730. The number of ether oxygens (including phenoxy) is 5. The largest absolute Gasteiger partial charge is 0.485 e. The summed E-state index contributed by atoms with van der Waals surface area (Å²) in [7, 11) is 1.60. The average molecular weight is 1030 g/mol. The first-order valence-corrected chi connectivity index (χ1v) is 26.9. The predicted octanol–water partition coefficient (Wildman–Crippen LogP) is 6.33. The van der Waals surface area contributed by atoms with Crippen molar-refractivity contribution in [2.75, 3.05) is 26.9 Å². The number of nitriles is 1. The van der Waals surface area contributed by atoms with Crippen LogP contribution in [0.1, 0.15) is 109 Å². The van der Waals surface area contributed by atoms with E-state index in [2.05, 4.69) is 36.8 Å². The fourth-order valence-electron chi connectivity index (χ4n) is 15.5. The van der Waals surface area contributed by atoms with Crippen LogP contribution < -0.4 is 4.74 Å². The van der Waals surface area contributed by atoms with Gasteiger partial charge in [0.05, 0.1) is 48.3 Å². The van der Waals surface area contributed by atoms with Gasteiger partial charge < -0.3 is 64.0 Å². The van der Waals surface area contributed by atoms with Crippen molar-refractivity contribution in [1.29, 1.82) is 5.26 Å². The van der Waals surface area contributed by atoms with E-state index < -0.39 is 71.4 Å². The average Bonchev–Trinajstić information content (AvgIpc) is 4.12. The van der Waals surface area contributed by atoms with Crippen LogP contribution in [0.4, 0.5) is 0 Å². The summed E-state index contributed by atoms with van der Waals surface area (Å²) in [6.45, 7) is 3.91. The molecule has 1 saturated heterocycles. The van der Waals surface area contributed by atoms with Crippen LogP contribution in [0.2, 0.25) is 0 Å². The Balaban J connectivity index is 1.04. The van der Waals surface area contributed by atoms with Gasteiger partial charge in [0.15, 0.2) is 5.60 Å². The number of hydrogen-bond donors (Lipinski definition) is 7. The van der Waals surface area contributed by atoms with Crippen molar-refractivity contribution in [2.45, 2.75) is 144 Å². The molecule has 4 aliphatic heterocycles. The molecule has 3 aromatic rings. The van der Waals surface area contributed by atoms with Gasteiger partial charge in [0.2, 0.25) is 6.29 Å². The molecule has 0 radical (unpaired) electrons. The Kier molecular flexibility index (Phi) is 15.2. The molecule has 8 aliphatic rings. The van der Waals surface area contributed by atoms with Gasteiger partial charge in [-0.05, 0) is 146 Å². The molecule has 400 valence electrons. The van der Waals surface area contributed by atoms with E-state index in [-0.39, 0.29) is 80.2 Å². The highest BCUT2D eigenvalue weighted by molar-refractivity contribution is 5.87. The summed E-state index contributed by atoms with van der Waals surface area (Å²) < 4.78 is 34.6. The number of methoxy groups -OCH3 is 1. The third-order valence-electron chi connectivity index (χ3n) is 18.7. The van der Waals surface area contributed by atoms with Crippen molar-refractivity contribution in [3.05, 3.63) is 125 Å². The molecular formula is C60H72N2O13. The summed E-state index contributed by atoms with van der Waals surface area (Å²) in [6.07, 6.45) is 13.6. The molecule has 3 spiro atoms. The first kappa shape index (κ1) is 53.0. The lowest BCUT2D eigenvalue weighted by atomic mass is 9.46. The number of aromatic nitrogens is 1. The Morgan fingerprint density at radius 3 is 2.57 bits per heavy atom. The number of carboxylic acid groups (broad SMARTS) is 1. The lowest BCUT2D eigenvalue weighted by Gasteiger charge is -2.59. The van der Waals surface area contributed by atoms with Crippen LogP contribution in [0.3, 0.4) is 0 Å². The zero-order valence-electron chi connectivity index (χ0n) is 42.7. The number of carbonyl (C=O) groups is 1. The number of aromatic carboxylic acids is 1. The topological polar surface area (TPSA) is 234 Å². The fourth-order valence-corrected chi connectivity index (χ4v) is 15.5. The third kappa shape index (κ3) is 9.52. The summed E-state index contributed by atoms with van der Waals surface area (Å²) in [5, 5.41) is 91.5. The minimum Gasteiger partial charge on any atom is -0.485 e. The Morgan fingerprint density at radius 1 is 1.07 bits per heavy atom. The van der Waals surface area contributed by atoms with Gasteiger partial charge in [0, 0.05) is 50.3 Å². The lowest BCUT2D eigenvalue weighted by molar-refractivity contribution is -0.334. The number of nitrogens with zero attached hydrogens (tertiary/aromatic N) is 2. The second-order valence-corrected chi connectivity index (χ2v) is 22.8. The van der Waals surface area contributed by atoms with Crippen LogP contribution in [-0.4, -0.2) is 121 Å². The normalized spacial score (nSPS) is 34.8. The highest BCUT2D eigenvalue weighted by Gasteiger charge is 2.72. The molecule has 4 fully saturated rings. The number of allylic oxidation sites excluding steroid dienone is 4. The molecule has 5 bridgehead atoms. The van der Waals surface area contributed by atoms with E-state index in [9.17, 15) is 45.8 Å². The quantitative estimate of drug-likeness (QED) is 0.0579. The summed E-state index contributed by atoms with van der Waals surface area (Å²) in [5.74, 6) is 1.43. The molecule has 15 unspecified atom stereocenters. The minimum atomic E-state index is -1.85. The Morgan fingerprint density at radius 2 is 1.87 bits per heavy atom. The summed E-state index contributed by atoms with van der Waals surface area (Å²) in [4.78, 5) is 11.8. The van der Waals surface area contributed by atoms with Crippen molar-refractivity contribution in [3.8, 4) is 23.8 Å². The zero-order chi connectivity index (χ0) is 52.7. The highest BCUT2D eigenvalue weighted by atomic mass is 16.7. The van der Waals surface area contributed by atoms with Gasteiger partial charge in [-0.15, -0.1) is 6.58 Å². The fraction of sp³-hybridized carbons (Fsp3) is 0.567. The van der Waals surface area contributed by atoms with E-state index in [4.69, 9.17) is 23.7 Å². The molecule has 15 atom stereocenters. The SMILES string of the molecule is C=CCc1ccc(OC2OC3C(CCCO)OC#CCC(O)C4CC2(OC=C2C=CC5CC24CC2(O)CC(Cc4ccc(C(=O)O)cc4)C4(CCCC4)C52)C(O)C3O)cc1CC(COC)C(CO)n1ccc(C#N)c1. The van der Waals surface area contributed by atoms with E-state index in [1.807, 2.05) is 28.8 Å². The van der Waals surface area contributed by atoms with E-state index in [1.54, 1.807) is 56.1 Å².